The van der Waals surface area contributed by atoms with Gasteiger partial charge in [-0.2, -0.15) is 0 Å². The Morgan fingerprint density at radius 3 is 2.50 bits per heavy atom. The van der Waals surface area contributed by atoms with Crippen LogP contribution in [0, 0.1) is 0 Å². The first-order chi connectivity index (χ1) is 8.81. The van der Waals surface area contributed by atoms with Crippen molar-refractivity contribution in [3.8, 4) is 0 Å². The minimum atomic E-state index is 0.470. The van der Waals surface area contributed by atoms with Crippen LogP contribution in [-0.2, 0) is 17.7 Å². The normalized spacial score (nSPS) is 21.8. The van der Waals surface area contributed by atoms with Gasteiger partial charge in [-0.1, -0.05) is 31.2 Å². The summed E-state index contributed by atoms with van der Waals surface area (Å²) in [6.45, 7) is 5.65. The molecule has 0 aliphatic carbocycles. The lowest BCUT2D eigenvalue weighted by Gasteiger charge is -2.20. The van der Waals surface area contributed by atoms with E-state index in [0.29, 0.717) is 6.10 Å². The van der Waals surface area contributed by atoms with Crippen LogP contribution in [0.25, 0.3) is 0 Å². The van der Waals surface area contributed by atoms with E-state index in [4.69, 9.17) is 4.74 Å². The molecule has 2 heteroatoms. The molecule has 100 valence electrons. The molecule has 2 rings (SSSR count). The summed E-state index contributed by atoms with van der Waals surface area (Å²) in [5, 5.41) is 0. The van der Waals surface area contributed by atoms with Crippen molar-refractivity contribution < 1.29 is 4.74 Å². The molecular formula is C16H25NO. The number of hydrogen-bond acceptors (Lipinski definition) is 2. The summed E-state index contributed by atoms with van der Waals surface area (Å²) in [5.41, 5.74) is 2.86. The molecular weight excluding hydrogens is 222 g/mol. The van der Waals surface area contributed by atoms with Crippen LogP contribution >= 0.6 is 0 Å². The maximum Gasteiger partial charge on any atom is 0.0584 e. The first-order valence-electron chi connectivity index (χ1n) is 7.14. The highest BCUT2D eigenvalue weighted by atomic mass is 16.5. The van der Waals surface area contributed by atoms with Crippen molar-refractivity contribution in [2.24, 2.45) is 0 Å². The Morgan fingerprint density at radius 2 is 1.83 bits per heavy atom. The highest BCUT2D eigenvalue weighted by Gasteiger charge is 2.16. The summed E-state index contributed by atoms with van der Waals surface area (Å²) in [6.07, 6.45) is 5.23. The van der Waals surface area contributed by atoms with Crippen LogP contribution in [0.3, 0.4) is 0 Å². The second-order valence-electron chi connectivity index (χ2n) is 5.23. The lowest BCUT2D eigenvalue weighted by atomic mass is 10.1. The second kappa shape index (κ2) is 6.91. The maximum atomic E-state index is 5.47. The van der Waals surface area contributed by atoms with Gasteiger partial charge in [0.25, 0.3) is 0 Å². The first-order valence-corrected chi connectivity index (χ1v) is 7.14. The number of benzene rings is 1. The predicted molar refractivity (Wildman–Crippen MR) is 75.7 cm³/mol. The second-order valence-corrected chi connectivity index (χ2v) is 5.23. The lowest BCUT2D eigenvalue weighted by molar-refractivity contribution is 0.0895. The van der Waals surface area contributed by atoms with Crippen LogP contribution in [0.1, 0.15) is 37.3 Å². The van der Waals surface area contributed by atoms with Gasteiger partial charge in [-0.15, -0.1) is 0 Å². The maximum absolute atomic E-state index is 5.47. The Kier molecular flexibility index (Phi) is 5.21. The molecule has 0 aromatic heterocycles. The first kappa shape index (κ1) is 13.6. The molecule has 1 heterocycles. The van der Waals surface area contributed by atoms with E-state index in [-0.39, 0.29) is 0 Å². The van der Waals surface area contributed by atoms with Gasteiger partial charge in [-0.05, 0) is 43.4 Å². The number of methoxy groups -OCH3 is 1. The molecule has 1 unspecified atom stereocenters. The van der Waals surface area contributed by atoms with E-state index in [1.54, 1.807) is 0 Å². The zero-order valence-corrected chi connectivity index (χ0v) is 11.7. The molecule has 0 spiro atoms. The fourth-order valence-electron chi connectivity index (χ4n) is 2.66. The van der Waals surface area contributed by atoms with Crippen LogP contribution in [0.15, 0.2) is 24.3 Å². The highest BCUT2D eigenvalue weighted by Crippen LogP contribution is 2.16. The van der Waals surface area contributed by atoms with E-state index in [1.165, 1.54) is 36.9 Å². The summed E-state index contributed by atoms with van der Waals surface area (Å²) in [5.74, 6) is 0. The standard InChI is InChI=1S/C16H25NO/c1-3-14-6-8-15(9-7-14)13-17-11-4-5-16(18-2)10-12-17/h6-9,16H,3-5,10-13H2,1-2H3. The predicted octanol–water partition coefficient (Wildman–Crippen LogP) is 3.25. The van der Waals surface area contributed by atoms with Gasteiger partial charge >= 0.3 is 0 Å². The molecule has 1 atom stereocenters. The molecule has 1 aliphatic rings. The van der Waals surface area contributed by atoms with Gasteiger partial charge in [0, 0.05) is 20.2 Å². The average molecular weight is 247 g/mol. The van der Waals surface area contributed by atoms with Gasteiger partial charge in [-0.25, -0.2) is 0 Å². The van der Waals surface area contributed by atoms with Gasteiger partial charge in [0.05, 0.1) is 6.10 Å². The molecule has 1 saturated heterocycles. The van der Waals surface area contributed by atoms with E-state index >= 15 is 0 Å². The van der Waals surface area contributed by atoms with Gasteiger partial charge in [0.2, 0.25) is 0 Å². The summed E-state index contributed by atoms with van der Waals surface area (Å²) < 4.78 is 5.47. The van der Waals surface area contributed by atoms with Crippen LogP contribution < -0.4 is 0 Å². The molecule has 1 aromatic carbocycles. The zero-order chi connectivity index (χ0) is 12.8. The molecule has 1 fully saturated rings. The van der Waals surface area contributed by atoms with Crippen LogP contribution in [0.5, 0.6) is 0 Å². The van der Waals surface area contributed by atoms with Crippen molar-refractivity contribution in [1.82, 2.24) is 4.90 Å². The highest BCUT2D eigenvalue weighted by molar-refractivity contribution is 5.22. The van der Waals surface area contributed by atoms with Crippen molar-refractivity contribution in [3.63, 3.8) is 0 Å². The zero-order valence-electron chi connectivity index (χ0n) is 11.7. The third kappa shape index (κ3) is 3.82. The van der Waals surface area contributed by atoms with Crippen LogP contribution in [0.2, 0.25) is 0 Å². The third-order valence-corrected chi connectivity index (χ3v) is 3.94. The Morgan fingerprint density at radius 1 is 1.11 bits per heavy atom. The monoisotopic (exact) mass is 247 g/mol. The quantitative estimate of drug-likeness (QED) is 0.810. The summed E-state index contributed by atoms with van der Waals surface area (Å²) in [7, 11) is 1.84. The van der Waals surface area contributed by atoms with Crippen molar-refractivity contribution in [2.45, 2.75) is 45.3 Å². The minimum Gasteiger partial charge on any atom is -0.381 e. The van der Waals surface area contributed by atoms with E-state index < -0.39 is 0 Å². The topological polar surface area (TPSA) is 12.5 Å². The van der Waals surface area contributed by atoms with Gasteiger partial charge in [0.15, 0.2) is 0 Å². The molecule has 0 N–H and O–H groups in total. The number of likely N-dealkylation sites (tertiary alicyclic amines) is 1. The third-order valence-electron chi connectivity index (χ3n) is 3.94. The number of aryl methyl sites for hydroxylation is 1. The van der Waals surface area contributed by atoms with Crippen molar-refractivity contribution >= 4 is 0 Å². The van der Waals surface area contributed by atoms with Crippen LogP contribution in [-0.4, -0.2) is 31.2 Å². The number of nitrogens with zero attached hydrogens (tertiary/aromatic N) is 1. The van der Waals surface area contributed by atoms with E-state index in [0.717, 1.165) is 19.5 Å². The number of ether oxygens (including phenoxy) is 1. The molecule has 1 aliphatic heterocycles. The fourth-order valence-corrected chi connectivity index (χ4v) is 2.66. The Hall–Kier alpha value is -0.860. The average Bonchev–Trinajstić information content (AvgIpc) is 2.65. The van der Waals surface area contributed by atoms with Gasteiger partial charge in [-0.3, -0.25) is 4.90 Å². The molecule has 1 aromatic rings. The van der Waals surface area contributed by atoms with Gasteiger partial charge < -0.3 is 4.74 Å². The van der Waals surface area contributed by atoms with Crippen molar-refractivity contribution in [1.29, 1.82) is 0 Å². The molecule has 0 saturated carbocycles. The molecule has 0 amide bonds. The molecule has 0 radical (unpaired) electrons. The van der Waals surface area contributed by atoms with Crippen molar-refractivity contribution in [3.05, 3.63) is 35.4 Å². The lowest BCUT2D eigenvalue weighted by Crippen LogP contribution is -2.24. The van der Waals surface area contributed by atoms with E-state index in [1.807, 2.05) is 7.11 Å². The Labute approximate surface area is 111 Å². The Balaban J connectivity index is 1.88. The Bertz CT molecular complexity index is 347. The number of rotatable bonds is 4. The molecule has 0 bridgehead atoms. The van der Waals surface area contributed by atoms with E-state index in [9.17, 15) is 0 Å². The SMILES string of the molecule is CCc1ccc(CN2CCCC(OC)CC2)cc1. The largest absolute Gasteiger partial charge is 0.381 e. The smallest absolute Gasteiger partial charge is 0.0584 e. The van der Waals surface area contributed by atoms with Crippen molar-refractivity contribution in [2.75, 3.05) is 20.2 Å². The van der Waals surface area contributed by atoms with Gasteiger partial charge in [0.1, 0.15) is 0 Å². The number of hydrogen-bond donors (Lipinski definition) is 0. The molecule has 2 nitrogen and oxygen atoms in total. The summed E-state index contributed by atoms with van der Waals surface area (Å²) in [4.78, 5) is 2.56. The fraction of sp³-hybridized carbons (Fsp3) is 0.625. The minimum absolute atomic E-state index is 0.470. The summed E-state index contributed by atoms with van der Waals surface area (Å²) in [6, 6.07) is 9.06. The summed E-state index contributed by atoms with van der Waals surface area (Å²) >= 11 is 0. The van der Waals surface area contributed by atoms with E-state index in [2.05, 4.69) is 36.1 Å². The van der Waals surface area contributed by atoms with Crippen LogP contribution in [0.4, 0.5) is 0 Å². The molecule has 18 heavy (non-hydrogen) atoms.